The van der Waals surface area contributed by atoms with Gasteiger partial charge in [0.15, 0.2) is 0 Å². The van der Waals surface area contributed by atoms with Crippen LogP contribution in [0, 0.1) is 5.82 Å². The maximum atomic E-state index is 14.0. The molecule has 1 aromatic heterocycles. The van der Waals surface area contributed by atoms with Crippen molar-refractivity contribution < 1.29 is 24.1 Å². The molecule has 0 saturated carbocycles. The number of hydrogen-bond donors (Lipinski definition) is 3. The number of halogens is 1. The number of carboxylic acid groups (broad SMARTS) is 1. The van der Waals surface area contributed by atoms with Crippen LogP contribution in [0.25, 0.3) is 11.1 Å². The van der Waals surface area contributed by atoms with Gasteiger partial charge in [-0.1, -0.05) is 18.2 Å². The number of pyridine rings is 1. The molecule has 0 fully saturated rings. The minimum Gasteiger partial charge on any atom is -0.489 e. The SMILES string of the molecule is O=C(O)c1ccc(-c2ccc3c(c2)CC[C@H](CNC[C@H](O)c2cccnc2)O3)cc1F. The van der Waals surface area contributed by atoms with Crippen LogP contribution in [-0.2, 0) is 6.42 Å². The number of carbonyl (C=O) groups is 1. The molecule has 0 bridgehead atoms. The van der Waals surface area contributed by atoms with Gasteiger partial charge in [-0.25, -0.2) is 9.18 Å². The number of aliphatic hydroxyl groups excluding tert-OH is 1. The van der Waals surface area contributed by atoms with Gasteiger partial charge in [0.1, 0.15) is 17.7 Å². The van der Waals surface area contributed by atoms with Crippen LogP contribution in [0.4, 0.5) is 4.39 Å². The fraction of sp³-hybridized carbons (Fsp3) is 0.250. The highest BCUT2D eigenvalue weighted by Gasteiger charge is 2.21. The molecule has 31 heavy (non-hydrogen) atoms. The van der Waals surface area contributed by atoms with Crippen molar-refractivity contribution in [2.75, 3.05) is 13.1 Å². The summed E-state index contributed by atoms with van der Waals surface area (Å²) in [6.45, 7) is 1.02. The minimum atomic E-state index is -1.28. The molecule has 1 aliphatic heterocycles. The van der Waals surface area contributed by atoms with E-state index in [1.165, 1.54) is 12.1 Å². The maximum Gasteiger partial charge on any atom is 0.338 e. The zero-order valence-electron chi connectivity index (χ0n) is 16.8. The second-order valence-corrected chi connectivity index (χ2v) is 7.56. The average Bonchev–Trinajstić information content (AvgIpc) is 2.79. The molecule has 3 N–H and O–H groups in total. The van der Waals surface area contributed by atoms with E-state index in [9.17, 15) is 14.3 Å². The summed E-state index contributed by atoms with van der Waals surface area (Å²) in [4.78, 5) is 15.0. The molecule has 0 saturated heterocycles. The Balaban J connectivity index is 1.36. The van der Waals surface area contributed by atoms with Gasteiger partial charge >= 0.3 is 5.97 Å². The molecule has 1 aliphatic rings. The van der Waals surface area contributed by atoms with Gasteiger partial charge in [-0.3, -0.25) is 4.98 Å². The third-order valence-corrected chi connectivity index (χ3v) is 5.40. The van der Waals surface area contributed by atoms with E-state index < -0.39 is 17.9 Å². The number of nitrogens with one attached hydrogen (secondary N) is 1. The van der Waals surface area contributed by atoms with E-state index >= 15 is 0 Å². The number of ether oxygens (including phenoxy) is 1. The number of hydrogen-bond acceptors (Lipinski definition) is 5. The summed E-state index contributed by atoms with van der Waals surface area (Å²) < 4.78 is 20.1. The van der Waals surface area contributed by atoms with Gasteiger partial charge in [0.05, 0.1) is 11.7 Å². The third kappa shape index (κ3) is 4.90. The molecule has 0 radical (unpaired) electrons. The van der Waals surface area contributed by atoms with E-state index in [2.05, 4.69) is 10.3 Å². The van der Waals surface area contributed by atoms with Gasteiger partial charge < -0.3 is 20.3 Å². The van der Waals surface area contributed by atoms with Crippen molar-refractivity contribution in [3.05, 3.63) is 83.4 Å². The Labute approximate surface area is 179 Å². The Kier molecular flexibility index (Phi) is 6.25. The largest absolute Gasteiger partial charge is 0.489 e. The molecule has 7 heteroatoms. The first-order valence-corrected chi connectivity index (χ1v) is 10.1. The number of aliphatic hydroxyl groups is 1. The number of nitrogens with zero attached hydrogens (tertiary/aromatic N) is 1. The third-order valence-electron chi connectivity index (χ3n) is 5.40. The van der Waals surface area contributed by atoms with Crippen LogP contribution in [0.2, 0.25) is 0 Å². The molecule has 6 nitrogen and oxygen atoms in total. The number of aromatic carboxylic acids is 1. The van der Waals surface area contributed by atoms with Crippen LogP contribution >= 0.6 is 0 Å². The summed E-state index contributed by atoms with van der Waals surface area (Å²) in [5, 5.41) is 22.4. The van der Waals surface area contributed by atoms with Crippen molar-refractivity contribution in [1.82, 2.24) is 10.3 Å². The summed E-state index contributed by atoms with van der Waals surface area (Å²) in [6, 6.07) is 13.4. The predicted molar refractivity (Wildman–Crippen MR) is 114 cm³/mol. The molecular weight excluding hydrogens is 399 g/mol. The van der Waals surface area contributed by atoms with Gasteiger partial charge in [0, 0.05) is 31.0 Å². The lowest BCUT2D eigenvalue weighted by molar-refractivity contribution is 0.0692. The molecule has 0 aliphatic carbocycles. The number of rotatable bonds is 7. The molecule has 0 unspecified atom stereocenters. The Bertz CT molecular complexity index is 1070. The first-order valence-electron chi connectivity index (χ1n) is 10.1. The first kappa shape index (κ1) is 21.0. The van der Waals surface area contributed by atoms with Crippen molar-refractivity contribution >= 4 is 5.97 Å². The number of carboxylic acids is 1. The smallest absolute Gasteiger partial charge is 0.338 e. The molecule has 0 amide bonds. The summed E-state index contributed by atoms with van der Waals surface area (Å²) in [5.74, 6) is -1.24. The van der Waals surface area contributed by atoms with E-state index in [0.717, 1.165) is 35.3 Å². The molecule has 2 heterocycles. The Hall–Kier alpha value is -3.29. The average molecular weight is 422 g/mol. The van der Waals surface area contributed by atoms with Gasteiger partial charge in [0.2, 0.25) is 0 Å². The van der Waals surface area contributed by atoms with Gasteiger partial charge in [0.25, 0.3) is 0 Å². The highest BCUT2D eigenvalue weighted by molar-refractivity contribution is 5.88. The van der Waals surface area contributed by atoms with Crippen LogP contribution in [0.5, 0.6) is 5.75 Å². The number of fused-ring (bicyclic) bond motifs is 1. The Morgan fingerprint density at radius 1 is 1.23 bits per heavy atom. The lowest BCUT2D eigenvalue weighted by Gasteiger charge is -2.27. The summed E-state index contributed by atoms with van der Waals surface area (Å²) >= 11 is 0. The van der Waals surface area contributed by atoms with E-state index in [-0.39, 0.29) is 11.7 Å². The van der Waals surface area contributed by atoms with Crippen molar-refractivity contribution in [2.24, 2.45) is 0 Å². The topological polar surface area (TPSA) is 91.7 Å². The zero-order valence-corrected chi connectivity index (χ0v) is 16.8. The highest BCUT2D eigenvalue weighted by atomic mass is 19.1. The van der Waals surface area contributed by atoms with E-state index in [4.69, 9.17) is 9.84 Å². The van der Waals surface area contributed by atoms with Gasteiger partial charge in [-0.2, -0.15) is 0 Å². The summed E-state index contributed by atoms with van der Waals surface area (Å²) in [7, 11) is 0. The highest BCUT2D eigenvalue weighted by Crippen LogP contribution is 2.32. The number of aryl methyl sites for hydroxylation is 1. The van der Waals surface area contributed by atoms with Crippen LogP contribution < -0.4 is 10.1 Å². The lowest BCUT2D eigenvalue weighted by atomic mass is 9.96. The van der Waals surface area contributed by atoms with Gasteiger partial charge in [-0.15, -0.1) is 0 Å². The summed E-state index contributed by atoms with van der Waals surface area (Å²) in [6.07, 6.45) is 4.32. The van der Waals surface area contributed by atoms with Gasteiger partial charge in [-0.05, 0) is 59.9 Å². The number of benzene rings is 2. The quantitative estimate of drug-likeness (QED) is 0.539. The second-order valence-electron chi connectivity index (χ2n) is 7.56. The molecule has 0 spiro atoms. The monoisotopic (exact) mass is 422 g/mol. The van der Waals surface area contributed by atoms with Crippen molar-refractivity contribution in [3.63, 3.8) is 0 Å². The molecule has 3 aromatic rings. The molecule has 4 rings (SSSR count). The maximum absolute atomic E-state index is 14.0. The number of aromatic nitrogens is 1. The normalized spacial score (nSPS) is 16.3. The molecule has 160 valence electrons. The lowest BCUT2D eigenvalue weighted by Crippen LogP contribution is -2.36. The first-order chi connectivity index (χ1) is 15.0. The second kappa shape index (κ2) is 9.24. The minimum absolute atomic E-state index is 0.00765. The van der Waals surface area contributed by atoms with E-state index in [1.807, 2.05) is 24.3 Å². The van der Waals surface area contributed by atoms with Crippen LogP contribution in [-0.4, -0.2) is 40.4 Å². The Morgan fingerprint density at radius 3 is 2.77 bits per heavy atom. The van der Waals surface area contributed by atoms with Crippen molar-refractivity contribution in [2.45, 2.75) is 25.0 Å². The van der Waals surface area contributed by atoms with Crippen LogP contribution in [0.1, 0.15) is 34.0 Å². The predicted octanol–water partition coefficient (Wildman–Crippen LogP) is 3.60. The fourth-order valence-corrected chi connectivity index (χ4v) is 3.71. The van der Waals surface area contributed by atoms with Crippen molar-refractivity contribution in [1.29, 1.82) is 0 Å². The molecule has 2 atom stereocenters. The fourth-order valence-electron chi connectivity index (χ4n) is 3.71. The van der Waals surface area contributed by atoms with E-state index in [0.29, 0.717) is 18.7 Å². The standard InChI is InChI=1S/C24H23FN2O4/c25-21-11-16(4-7-20(21)24(29)30)15-5-8-23-17(10-15)3-6-19(31-23)13-27-14-22(28)18-2-1-9-26-12-18/h1-2,4-5,7-12,19,22,27-28H,3,6,13-14H2,(H,29,30)/t19-,22+/m1/s1. The van der Waals surface area contributed by atoms with E-state index in [1.54, 1.807) is 24.5 Å². The zero-order chi connectivity index (χ0) is 21.8. The Morgan fingerprint density at radius 2 is 2.03 bits per heavy atom. The molecule has 2 aromatic carbocycles. The van der Waals surface area contributed by atoms with Crippen LogP contribution in [0.3, 0.4) is 0 Å². The van der Waals surface area contributed by atoms with Crippen molar-refractivity contribution in [3.8, 4) is 16.9 Å². The molecular formula is C24H23FN2O4. The van der Waals surface area contributed by atoms with Crippen LogP contribution in [0.15, 0.2) is 60.9 Å². The summed E-state index contributed by atoms with van der Waals surface area (Å²) in [5.41, 5.74) is 2.90.